The third-order valence-corrected chi connectivity index (χ3v) is 6.35. The van der Waals surface area contributed by atoms with Gasteiger partial charge in [0.25, 0.3) is 0 Å². The van der Waals surface area contributed by atoms with Crippen molar-refractivity contribution in [3.05, 3.63) is 23.8 Å². The number of ether oxygens (including phenoxy) is 1. The number of aromatic nitrogens is 4. The van der Waals surface area contributed by atoms with E-state index in [2.05, 4.69) is 30.8 Å². The Morgan fingerprint density at radius 1 is 1.16 bits per heavy atom. The number of H-pyrrole nitrogens is 1. The highest BCUT2D eigenvalue weighted by molar-refractivity contribution is 7.90. The zero-order chi connectivity index (χ0) is 22.5. The van der Waals surface area contributed by atoms with Crippen LogP contribution in [0, 0.1) is 11.6 Å². The van der Waals surface area contributed by atoms with Crippen molar-refractivity contribution in [2.75, 3.05) is 48.1 Å². The Balaban J connectivity index is 1.51. The van der Waals surface area contributed by atoms with Gasteiger partial charge in [0.2, 0.25) is 5.95 Å². The molecule has 2 aromatic heterocycles. The van der Waals surface area contributed by atoms with Gasteiger partial charge in [0.1, 0.15) is 16.9 Å². The molecule has 3 heterocycles. The van der Waals surface area contributed by atoms with Gasteiger partial charge in [-0.05, 0) is 25.0 Å². The third-order valence-electron chi connectivity index (χ3n) is 5.31. The number of nitrogens with one attached hydrogen (secondary N) is 3. The van der Waals surface area contributed by atoms with Gasteiger partial charge in [0, 0.05) is 31.1 Å². The van der Waals surface area contributed by atoms with E-state index in [1.807, 2.05) is 4.90 Å². The second kappa shape index (κ2) is 7.81. The second-order valence-corrected chi connectivity index (χ2v) is 9.80. The molecular formula is C19H21F2N7O3S. The SMILES string of the molecule is CS(=O)(=O)c1[nH]nc2nc(Nc3c(F)cc(N4CCOCC4)cc3F)nc(NC3CC3)c12. The van der Waals surface area contributed by atoms with Crippen molar-refractivity contribution in [2.45, 2.75) is 23.9 Å². The smallest absolute Gasteiger partial charge is 0.231 e. The van der Waals surface area contributed by atoms with Gasteiger partial charge < -0.3 is 20.3 Å². The Morgan fingerprint density at radius 3 is 2.47 bits per heavy atom. The standard InChI is InChI=1S/C19H21F2N7O3S/c1-32(29,30)18-14-16(22-10-2-3-10)24-19(25-17(14)26-27-18)23-15-12(20)8-11(9-13(15)21)28-4-6-31-7-5-28/h8-10H,2-7H2,1H3,(H3,22,23,24,25,26,27). The first-order valence-electron chi connectivity index (χ1n) is 10.1. The lowest BCUT2D eigenvalue weighted by Crippen LogP contribution is -2.36. The van der Waals surface area contributed by atoms with Gasteiger partial charge in [-0.25, -0.2) is 17.2 Å². The lowest BCUT2D eigenvalue weighted by molar-refractivity contribution is 0.122. The molecule has 1 aliphatic heterocycles. The number of morpholine rings is 1. The number of sulfone groups is 1. The quantitative estimate of drug-likeness (QED) is 0.502. The molecule has 1 saturated carbocycles. The highest BCUT2D eigenvalue weighted by Crippen LogP contribution is 2.33. The fourth-order valence-corrected chi connectivity index (χ4v) is 4.31. The Hall–Kier alpha value is -3.06. The van der Waals surface area contributed by atoms with Gasteiger partial charge in [-0.15, -0.1) is 0 Å². The maximum atomic E-state index is 14.8. The molecule has 2 fully saturated rings. The monoisotopic (exact) mass is 465 g/mol. The summed E-state index contributed by atoms with van der Waals surface area (Å²) < 4.78 is 59.1. The van der Waals surface area contributed by atoms with Gasteiger partial charge in [0.05, 0.1) is 13.2 Å². The van der Waals surface area contributed by atoms with E-state index >= 15 is 0 Å². The van der Waals surface area contributed by atoms with Gasteiger partial charge >= 0.3 is 0 Å². The van der Waals surface area contributed by atoms with Crippen molar-refractivity contribution in [1.82, 2.24) is 20.2 Å². The van der Waals surface area contributed by atoms with E-state index in [1.165, 1.54) is 12.1 Å². The van der Waals surface area contributed by atoms with Gasteiger partial charge in [0.15, 0.2) is 32.1 Å². The number of halogens is 2. The van der Waals surface area contributed by atoms with Gasteiger partial charge in [-0.1, -0.05) is 0 Å². The summed E-state index contributed by atoms with van der Waals surface area (Å²) in [5, 5.41) is 12.3. The van der Waals surface area contributed by atoms with E-state index in [-0.39, 0.29) is 33.9 Å². The molecule has 1 aromatic carbocycles. The molecule has 3 aromatic rings. The minimum absolute atomic E-state index is 0.0665. The Bertz CT molecular complexity index is 1260. The molecule has 0 radical (unpaired) electrons. The number of hydrogen-bond donors (Lipinski definition) is 3. The molecule has 1 saturated heterocycles. The van der Waals surface area contributed by atoms with Gasteiger partial charge in [-0.3, -0.25) is 5.10 Å². The molecule has 0 spiro atoms. The summed E-state index contributed by atoms with van der Waals surface area (Å²) in [6.45, 7) is 2.08. The highest BCUT2D eigenvalue weighted by Gasteiger charge is 2.27. The van der Waals surface area contributed by atoms with Crippen LogP contribution in [0.4, 0.5) is 31.9 Å². The van der Waals surface area contributed by atoms with Gasteiger partial charge in [-0.2, -0.15) is 15.1 Å². The van der Waals surface area contributed by atoms with Crippen LogP contribution in [0.1, 0.15) is 12.8 Å². The Morgan fingerprint density at radius 2 is 1.84 bits per heavy atom. The molecular weight excluding hydrogens is 444 g/mol. The average Bonchev–Trinajstić information content (AvgIpc) is 3.45. The molecule has 5 rings (SSSR count). The maximum Gasteiger partial charge on any atom is 0.231 e. The summed E-state index contributed by atoms with van der Waals surface area (Å²) in [5.74, 6) is -1.47. The summed E-state index contributed by atoms with van der Waals surface area (Å²) >= 11 is 0. The van der Waals surface area contributed by atoms with Crippen molar-refractivity contribution in [3.63, 3.8) is 0 Å². The summed E-state index contributed by atoms with van der Waals surface area (Å²) in [5.41, 5.74) is 0.0841. The lowest BCUT2D eigenvalue weighted by atomic mass is 10.2. The first kappa shape index (κ1) is 20.8. The van der Waals surface area contributed by atoms with Crippen LogP contribution in [0.3, 0.4) is 0 Å². The topological polar surface area (TPSA) is 125 Å². The number of aromatic amines is 1. The Labute approximate surface area is 182 Å². The molecule has 0 unspecified atom stereocenters. The number of fused-ring (bicyclic) bond motifs is 1. The number of rotatable bonds is 6. The number of hydrogen-bond acceptors (Lipinski definition) is 9. The minimum Gasteiger partial charge on any atom is -0.378 e. The molecule has 170 valence electrons. The fourth-order valence-electron chi connectivity index (χ4n) is 3.54. The van der Waals surface area contributed by atoms with Crippen LogP contribution in [0.25, 0.3) is 11.0 Å². The Kier molecular flexibility index (Phi) is 5.08. The maximum absolute atomic E-state index is 14.8. The van der Waals surface area contributed by atoms with Crippen molar-refractivity contribution in [2.24, 2.45) is 0 Å². The van der Waals surface area contributed by atoms with Crippen LogP contribution in [0.2, 0.25) is 0 Å². The lowest BCUT2D eigenvalue weighted by Gasteiger charge is -2.29. The van der Waals surface area contributed by atoms with E-state index in [9.17, 15) is 17.2 Å². The van der Waals surface area contributed by atoms with E-state index in [0.717, 1.165) is 19.1 Å². The van der Waals surface area contributed by atoms with Crippen LogP contribution in [-0.4, -0.2) is 67.2 Å². The molecule has 0 amide bonds. The van der Waals surface area contributed by atoms with E-state index in [0.29, 0.717) is 32.0 Å². The van der Waals surface area contributed by atoms with Crippen LogP contribution in [0.15, 0.2) is 17.2 Å². The summed E-state index contributed by atoms with van der Waals surface area (Å²) in [4.78, 5) is 10.3. The zero-order valence-electron chi connectivity index (χ0n) is 17.2. The van der Waals surface area contributed by atoms with Crippen LogP contribution < -0.4 is 15.5 Å². The number of nitrogens with zero attached hydrogens (tertiary/aromatic N) is 4. The predicted octanol–water partition coefficient (Wildman–Crippen LogP) is 2.19. The number of anilines is 4. The number of benzene rings is 1. The summed E-state index contributed by atoms with van der Waals surface area (Å²) in [6, 6.07) is 2.63. The van der Waals surface area contributed by atoms with Crippen molar-refractivity contribution in [1.29, 1.82) is 0 Å². The molecule has 3 N–H and O–H groups in total. The van der Waals surface area contributed by atoms with Crippen LogP contribution in [-0.2, 0) is 14.6 Å². The molecule has 10 nitrogen and oxygen atoms in total. The van der Waals surface area contributed by atoms with Crippen LogP contribution in [0.5, 0.6) is 0 Å². The van der Waals surface area contributed by atoms with Crippen molar-refractivity contribution in [3.8, 4) is 0 Å². The van der Waals surface area contributed by atoms with E-state index in [1.54, 1.807) is 0 Å². The highest BCUT2D eigenvalue weighted by atomic mass is 32.2. The van der Waals surface area contributed by atoms with Crippen molar-refractivity contribution >= 4 is 44.0 Å². The summed E-state index contributed by atoms with van der Waals surface area (Å²) in [6.07, 6.45) is 2.87. The molecule has 0 atom stereocenters. The van der Waals surface area contributed by atoms with E-state index in [4.69, 9.17) is 4.74 Å². The predicted molar refractivity (Wildman–Crippen MR) is 114 cm³/mol. The second-order valence-electron chi connectivity index (χ2n) is 7.85. The molecule has 32 heavy (non-hydrogen) atoms. The normalized spacial score (nSPS) is 17.0. The van der Waals surface area contributed by atoms with E-state index < -0.39 is 27.2 Å². The first-order valence-corrected chi connectivity index (χ1v) is 12.0. The molecule has 1 aliphatic carbocycles. The van der Waals surface area contributed by atoms with Crippen LogP contribution >= 0.6 is 0 Å². The summed E-state index contributed by atoms with van der Waals surface area (Å²) in [7, 11) is -3.62. The fraction of sp³-hybridized carbons (Fsp3) is 0.421. The largest absolute Gasteiger partial charge is 0.378 e. The zero-order valence-corrected chi connectivity index (χ0v) is 18.0. The first-order chi connectivity index (χ1) is 15.3. The molecule has 13 heteroatoms. The average molecular weight is 465 g/mol. The minimum atomic E-state index is -3.62. The van der Waals surface area contributed by atoms with Crippen molar-refractivity contribution < 1.29 is 21.9 Å². The molecule has 2 aliphatic rings. The molecule has 0 bridgehead atoms. The third kappa shape index (κ3) is 4.05.